The van der Waals surface area contributed by atoms with Crippen LogP contribution in [0.5, 0.6) is 11.5 Å². The molecule has 2 atom stereocenters. The Hall–Kier alpha value is -4.49. The summed E-state index contributed by atoms with van der Waals surface area (Å²) in [5.74, 6) is -1.17. The summed E-state index contributed by atoms with van der Waals surface area (Å²) in [6.07, 6.45) is -1.06. The van der Waals surface area contributed by atoms with E-state index < -0.39 is 29.6 Å². The molecule has 0 bridgehead atoms. The van der Waals surface area contributed by atoms with Crippen molar-refractivity contribution >= 4 is 34.9 Å². The van der Waals surface area contributed by atoms with E-state index in [1.54, 1.807) is 24.3 Å². The minimum atomic E-state index is -1.12. The van der Waals surface area contributed by atoms with Gasteiger partial charge in [0.25, 0.3) is 0 Å². The minimum Gasteiger partial charge on any atom is -0.457 e. The van der Waals surface area contributed by atoms with Crippen molar-refractivity contribution in [3.05, 3.63) is 115 Å². The van der Waals surface area contributed by atoms with E-state index in [1.807, 2.05) is 54.6 Å². The number of rotatable bonds is 10. The van der Waals surface area contributed by atoms with Crippen LogP contribution in [0.2, 0.25) is 0 Å². The molecule has 1 fully saturated rings. The Kier molecular flexibility index (Phi) is 8.75. The minimum absolute atomic E-state index is 0.0418. The van der Waals surface area contributed by atoms with Gasteiger partial charge >= 0.3 is 5.97 Å². The first-order valence-corrected chi connectivity index (χ1v) is 13.8. The van der Waals surface area contributed by atoms with Gasteiger partial charge in [-0.25, -0.2) is 4.39 Å². The quantitative estimate of drug-likeness (QED) is 0.116. The van der Waals surface area contributed by atoms with Crippen LogP contribution in [0.25, 0.3) is 11.1 Å². The van der Waals surface area contributed by atoms with E-state index in [2.05, 4.69) is 0 Å². The van der Waals surface area contributed by atoms with E-state index in [4.69, 9.17) is 21.1 Å². The van der Waals surface area contributed by atoms with Crippen LogP contribution >= 0.6 is 11.6 Å². The predicted molar refractivity (Wildman–Crippen MR) is 155 cm³/mol. The Morgan fingerprint density at radius 2 is 1.59 bits per heavy atom. The Morgan fingerprint density at radius 1 is 0.902 bits per heavy atom. The lowest BCUT2D eigenvalue weighted by Crippen LogP contribution is -2.32. The van der Waals surface area contributed by atoms with E-state index >= 15 is 0 Å². The van der Waals surface area contributed by atoms with Gasteiger partial charge in [0.2, 0.25) is 11.7 Å². The van der Waals surface area contributed by atoms with Gasteiger partial charge in [-0.2, -0.15) is 0 Å². The second-order valence-corrected chi connectivity index (χ2v) is 10.0. The number of hydrogen-bond donors (Lipinski definition) is 0. The molecule has 4 aromatic carbocycles. The van der Waals surface area contributed by atoms with Gasteiger partial charge in [-0.15, -0.1) is 11.6 Å². The highest BCUT2D eigenvalue weighted by molar-refractivity contribution is 6.18. The Bertz CT molecular complexity index is 1530. The summed E-state index contributed by atoms with van der Waals surface area (Å²) in [5.41, 5.74) is 2.83. The zero-order chi connectivity index (χ0) is 28.8. The number of nitrogens with zero attached hydrogens (tertiary/aromatic N) is 1. The molecule has 1 heterocycles. The van der Waals surface area contributed by atoms with Crippen LogP contribution < -0.4 is 9.64 Å². The van der Waals surface area contributed by atoms with Gasteiger partial charge < -0.3 is 14.4 Å². The van der Waals surface area contributed by atoms with Crippen molar-refractivity contribution in [3.63, 3.8) is 0 Å². The Labute approximate surface area is 242 Å². The van der Waals surface area contributed by atoms with Gasteiger partial charge in [-0.05, 0) is 60.2 Å². The van der Waals surface area contributed by atoms with E-state index in [1.165, 1.54) is 29.2 Å². The SMILES string of the molecule is O=C(O[C@H](CCCl)C(=O)c1ccc(F)cc1)[C@H]1CC(=O)N(c2ccc(Oc3ccccc3-c3ccccc3)cc2)C1. The molecule has 0 radical (unpaired) electrons. The van der Waals surface area contributed by atoms with Crippen molar-refractivity contribution in [1.29, 1.82) is 0 Å². The van der Waals surface area contributed by atoms with Crippen LogP contribution in [-0.4, -0.2) is 36.2 Å². The molecular weight excluding hydrogens is 545 g/mol. The molecule has 1 saturated heterocycles. The van der Waals surface area contributed by atoms with Crippen LogP contribution in [0.15, 0.2) is 103 Å². The normalized spacial score (nSPS) is 15.4. The number of amides is 1. The highest BCUT2D eigenvalue weighted by atomic mass is 35.5. The summed E-state index contributed by atoms with van der Waals surface area (Å²) in [7, 11) is 0. The monoisotopic (exact) mass is 571 g/mol. The second kappa shape index (κ2) is 12.8. The molecule has 8 heteroatoms. The number of anilines is 1. The van der Waals surface area contributed by atoms with E-state index in [0.717, 1.165) is 11.1 Å². The third-order valence-corrected chi connectivity index (χ3v) is 7.08. The fourth-order valence-corrected chi connectivity index (χ4v) is 4.93. The average Bonchev–Trinajstić information content (AvgIpc) is 3.39. The smallest absolute Gasteiger partial charge is 0.312 e. The summed E-state index contributed by atoms with van der Waals surface area (Å²) >= 11 is 5.85. The lowest BCUT2D eigenvalue weighted by atomic mass is 10.0. The predicted octanol–water partition coefficient (Wildman–Crippen LogP) is 7.06. The van der Waals surface area contributed by atoms with Gasteiger partial charge in [0, 0.05) is 42.1 Å². The van der Waals surface area contributed by atoms with E-state index in [0.29, 0.717) is 17.2 Å². The van der Waals surface area contributed by atoms with Crippen molar-refractivity contribution in [3.8, 4) is 22.6 Å². The number of benzene rings is 4. The number of alkyl halides is 1. The summed E-state index contributed by atoms with van der Waals surface area (Å²) in [5, 5.41) is 0. The summed E-state index contributed by atoms with van der Waals surface area (Å²) in [6.45, 7) is 0.118. The highest BCUT2D eigenvalue weighted by Gasteiger charge is 2.38. The molecule has 4 aromatic rings. The maximum absolute atomic E-state index is 13.3. The van der Waals surface area contributed by atoms with Gasteiger partial charge in [0.05, 0.1) is 5.92 Å². The molecule has 0 N–H and O–H groups in total. The average molecular weight is 572 g/mol. The second-order valence-electron chi connectivity index (χ2n) is 9.64. The third-order valence-electron chi connectivity index (χ3n) is 6.86. The number of carbonyl (C=O) groups excluding carboxylic acids is 3. The first-order valence-electron chi connectivity index (χ1n) is 13.2. The molecule has 0 aliphatic carbocycles. The molecule has 208 valence electrons. The Balaban J connectivity index is 1.24. The van der Waals surface area contributed by atoms with Crippen molar-refractivity contribution in [2.45, 2.75) is 18.9 Å². The first-order chi connectivity index (χ1) is 19.9. The van der Waals surface area contributed by atoms with Crippen molar-refractivity contribution in [1.82, 2.24) is 0 Å². The molecule has 41 heavy (non-hydrogen) atoms. The summed E-state index contributed by atoms with van der Waals surface area (Å²) in [4.78, 5) is 40.2. The molecule has 0 unspecified atom stereocenters. The van der Waals surface area contributed by atoms with Crippen molar-refractivity contribution in [2.24, 2.45) is 5.92 Å². The van der Waals surface area contributed by atoms with Gasteiger partial charge in [-0.3, -0.25) is 14.4 Å². The molecule has 0 spiro atoms. The van der Waals surface area contributed by atoms with Gasteiger partial charge in [-0.1, -0.05) is 48.5 Å². The lowest BCUT2D eigenvalue weighted by molar-refractivity contribution is -0.151. The maximum Gasteiger partial charge on any atom is 0.312 e. The lowest BCUT2D eigenvalue weighted by Gasteiger charge is -2.19. The molecule has 6 nitrogen and oxygen atoms in total. The Morgan fingerprint density at radius 3 is 2.29 bits per heavy atom. The maximum atomic E-state index is 13.3. The van der Waals surface area contributed by atoms with Crippen LogP contribution in [-0.2, 0) is 14.3 Å². The topological polar surface area (TPSA) is 72.9 Å². The highest BCUT2D eigenvalue weighted by Crippen LogP contribution is 2.34. The number of Topliss-reactive ketones (excluding diaryl/α,β-unsaturated/α-hetero) is 1. The van der Waals surface area contributed by atoms with Crippen LogP contribution in [0.1, 0.15) is 23.2 Å². The van der Waals surface area contributed by atoms with Crippen molar-refractivity contribution in [2.75, 3.05) is 17.3 Å². The van der Waals surface area contributed by atoms with E-state index in [-0.39, 0.29) is 36.7 Å². The molecular formula is C33H27ClFNO5. The largest absolute Gasteiger partial charge is 0.457 e. The van der Waals surface area contributed by atoms with E-state index in [9.17, 15) is 18.8 Å². The molecule has 1 aliphatic rings. The van der Waals surface area contributed by atoms with Crippen molar-refractivity contribution < 1.29 is 28.2 Å². The zero-order valence-corrected chi connectivity index (χ0v) is 22.8. The summed E-state index contributed by atoms with van der Waals surface area (Å²) < 4.78 is 24.9. The molecule has 5 rings (SSSR count). The molecule has 0 aromatic heterocycles. The van der Waals surface area contributed by atoms with Crippen LogP contribution in [0.3, 0.4) is 0 Å². The number of carbonyl (C=O) groups is 3. The summed E-state index contributed by atoms with van der Waals surface area (Å²) in [6, 6.07) is 29.8. The fourth-order valence-electron chi connectivity index (χ4n) is 4.73. The van der Waals surface area contributed by atoms with Gasteiger partial charge in [0.15, 0.2) is 6.10 Å². The molecule has 1 amide bonds. The first kappa shape index (κ1) is 28.1. The van der Waals surface area contributed by atoms with Crippen LogP contribution in [0.4, 0.5) is 10.1 Å². The molecule has 1 aliphatic heterocycles. The number of para-hydroxylation sites is 1. The standard InChI is InChI=1S/C33H27ClFNO5/c34-19-18-30(32(38)23-10-12-25(35)13-11-23)41-33(39)24-20-31(37)36(21-24)26-14-16-27(17-15-26)40-29-9-5-4-8-28(29)22-6-2-1-3-7-22/h1-17,24,30H,18-21H2/t24-,30+/m0/s1. The number of esters is 1. The van der Waals surface area contributed by atoms with Gasteiger partial charge in [0.1, 0.15) is 17.3 Å². The third kappa shape index (κ3) is 6.64. The number of ether oxygens (including phenoxy) is 2. The zero-order valence-electron chi connectivity index (χ0n) is 22.0. The fraction of sp³-hybridized carbons (Fsp3) is 0.182. The number of ketones is 1. The number of hydrogen-bond acceptors (Lipinski definition) is 5. The molecule has 0 saturated carbocycles. The van der Waals surface area contributed by atoms with Crippen LogP contribution in [0, 0.1) is 11.7 Å². The number of halogens is 2.